The van der Waals surface area contributed by atoms with Crippen molar-refractivity contribution in [2.24, 2.45) is 0 Å². The second-order valence-corrected chi connectivity index (χ2v) is 8.40. The number of carbonyl (C=O) groups is 2. The van der Waals surface area contributed by atoms with Crippen LogP contribution in [0.5, 0.6) is 5.75 Å². The molecule has 2 aromatic carbocycles. The predicted molar refractivity (Wildman–Crippen MR) is 108 cm³/mol. The van der Waals surface area contributed by atoms with Gasteiger partial charge in [0.05, 0.1) is 5.69 Å². The van der Waals surface area contributed by atoms with Crippen LogP contribution < -0.4 is 15.0 Å². The van der Waals surface area contributed by atoms with Crippen LogP contribution in [0, 0.1) is 0 Å². The number of amides is 2. The molecule has 1 unspecified atom stereocenters. The second kappa shape index (κ2) is 7.97. The lowest BCUT2D eigenvalue weighted by Crippen LogP contribution is -2.45. The van der Waals surface area contributed by atoms with Crippen molar-refractivity contribution in [3.63, 3.8) is 0 Å². The highest BCUT2D eigenvalue weighted by atomic mass is 35.6. The highest BCUT2D eigenvalue weighted by Gasteiger charge is 2.33. The van der Waals surface area contributed by atoms with Crippen LogP contribution in [0.4, 0.5) is 11.4 Å². The Morgan fingerprint density at radius 1 is 1.19 bits per heavy atom. The summed E-state index contributed by atoms with van der Waals surface area (Å²) < 4.78 is 3.59. The molecule has 2 aromatic rings. The van der Waals surface area contributed by atoms with Gasteiger partial charge in [0.25, 0.3) is 15.6 Å². The minimum absolute atomic E-state index is 0.150. The van der Waals surface area contributed by atoms with Gasteiger partial charge in [-0.05, 0) is 37.1 Å². The molecule has 0 spiro atoms. The number of hydrogen-bond acceptors (Lipinski definition) is 3. The van der Waals surface area contributed by atoms with Crippen molar-refractivity contribution in [2.75, 3.05) is 16.8 Å². The molecule has 0 aromatic heterocycles. The van der Waals surface area contributed by atoms with Crippen molar-refractivity contribution in [3.05, 3.63) is 54.1 Å². The fourth-order valence-corrected chi connectivity index (χ4v) is 2.94. The van der Waals surface area contributed by atoms with Crippen LogP contribution in [0.15, 0.2) is 48.5 Å². The van der Waals surface area contributed by atoms with Crippen molar-refractivity contribution >= 4 is 58.0 Å². The zero-order valence-corrected chi connectivity index (χ0v) is 16.7. The number of rotatable bonds is 4. The third kappa shape index (κ3) is 4.67. The molecule has 27 heavy (non-hydrogen) atoms. The number of carbonyl (C=O) groups excluding carboxylic acids is 2. The monoisotopic (exact) mass is 426 g/mol. The molecular formula is C19H17Cl3N2O3. The molecule has 1 heterocycles. The van der Waals surface area contributed by atoms with Crippen molar-refractivity contribution in [1.29, 1.82) is 0 Å². The Morgan fingerprint density at radius 3 is 2.56 bits per heavy atom. The molecule has 3 rings (SSSR count). The number of alkyl halides is 3. The van der Waals surface area contributed by atoms with Crippen LogP contribution >= 0.6 is 34.8 Å². The third-order valence-corrected chi connectivity index (χ3v) is 4.66. The van der Waals surface area contributed by atoms with E-state index >= 15 is 0 Å². The first-order valence-electron chi connectivity index (χ1n) is 8.30. The SMILES string of the molecule is CC1Oc2ccc(NC(=O)C(Cl)(Cl)Cl)cc2N(CCc2ccccc2)C1=O. The molecule has 0 bridgehead atoms. The average Bonchev–Trinajstić information content (AvgIpc) is 2.62. The first-order valence-corrected chi connectivity index (χ1v) is 9.43. The molecule has 0 saturated heterocycles. The van der Waals surface area contributed by atoms with Gasteiger partial charge in [-0.15, -0.1) is 0 Å². The zero-order chi connectivity index (χ0) is 19.6. The lowest BCUT2D eigenvalue weighted by Gasteiger charge is -2.33. The van der Waals surface area contributed by atoms with E-state index in [9.17, 15) is 9.59 Å². The van der Waals surface area contributed by atoms with Crippen LogP contribution in [0.3, 0.4) is 0 Å². The van der Waals surface area contributed by atoms with Crippen LogP contribution in [0.1, 0.15) is 12.5 Å². The lowest BCUT2D eigenvalue weighted by atomic mass is 10.1. The molecule has 5 nitrogen and oxygen atoms in total. The van der Waals surface area contributed by atoms with Gasteiger partial charge >= 0.3 is 0 Å². The van der Waals surface area contributed by atoms with E-state index in [0.29, 0.717) is 30.1 Å². The van der Waals surface area contributed by atoms with Gasteiger partial charge in [0, 0.05) is 12.2 Å². The molecule has 0 fully saturated rings. The van der Waals surface area contributed by atoms with Crippen molar-refractivity contribution < 1.29 is 14.3 Å². The molecule has 0 radical (unpaired) electrons. The Hall–Kier alpha value is -1.95. The van der Waals surface area contributed by atoms with Gasteiger partial charge in [-0.1, -0.05) is 65.1 Å². The number of nitrogens with zero attached hydrogens (tertiary/aromatic N) is 1. The standard InChI is InChI=1S/C19H17Cl3N2O3/c1-12-17(25)24(10-9-13-5-3-2-4-6-13)15-11-14(7-8-16(15)27-12)23-18(26)19(20,21)22/h2-8,11-12H,9-10H2,1H3,(H,23,26). The molecule has 2 amide bonds. The Labute approximate surface area is 172 Å². The summed E-state index contributed by atoms with van der Waals surface area (Å²) in [6.07, 6.45) is 0.0959. The van der Waals surface area contributed by atoms with Crippen LogP contribution in [-0.4, -0.2) is 28.3 Å². The summed E-state index contributed by atoms with van der Waals surface area (Å²) in [4.78, 5) is 26.2. The van der Waals surface area contributed by atoms with E-state index in [1.165, 1.54) is 0 Å². The maximum absolute atomic E-state index is 12.7. The summed E-state index contributed by atoms with van der Waals surface area (Å²) in [5.74, 6) is -0.370. The fourth-order valence-electron chi connectivity index (χ4n) is 2.80. The first-order chi connectivity index (χ1) is 12.8. The van der Waals surface area contributed by atoms with E-state index in [-0.39, 0.29) is 5.91 Å². The Balaban J connectivity index is 1.85. The largest absolute Gasteiger partial charge is 0.479 e. The smallest absolute Gasteiger partial charge is 0.276 e. The van der Waals surface area contributed by atoms with Gasteiger partial charge in [0.1, 0.15) is 5.75 Å². The average molecular weight is 428 g/mol. The van der Waals surface area contributed by atoms with Crippen molar-refractivity contribution in [3.8, 4) is 5.75 Å². The summed E-state index contributed by atoms with van der Waals surface area (Å²) in [5.41, 5.74) is 2.09. The number of anilines is 2. The van der Waals surface area contributed by atoms with Gasteiger partial charge in [-0.2, -0.15) is 0 Å². The predicted octanol–water partition coefficient (Wildman–Crippen LogP) is 4.35. The normalized spacial score (nSPS) is 16.5. The summed E-state index contributed by atoms with van der Waals surface area (Å²) in [6.45, 7) is 2.19. The molecule has 142 valence electrons. The molecule has 1 aliphatic heterocycles. The quantitative estimate of drug-likeness (QED) is 0.738. The van der Waals surface area contributed by atoms with E-state index < -0.39 is 15.8 Å². The molecule has 1 aliphatic rings. The zero-order valence-electron chi connectivity index (χ0n) is 14.4. The Bertz CT molecular complexity index is 853. The fraction of sp³-hybridized carbons (Fsp3) is 0.263. The number of halogens is 3. The lowest BCUT2D eigenvalue weighted by molar-refractivity contribution is -0.125. The maximum Gasteiger partial charge on any atom is 0.276 e. The van der Waals surface area contributed by atoms with Crippen LogP contribution in [0.2, 0.25) is 0 Å². The summed E-state index contributed by atoms with van der Waals surface area (Å²) >= 11 is 16.8. The molecule has 0 saturated carbocycles. The van der Waals surface area contributed by atoms with Gasteiger partial charge < -0.3 is 15.0 Å². The summed E-state index contributed by atoms with van der Waals surface area (Å²) in [7, 11) is 0. The molecule has 8 heteroatoms. The summed E-state index contributed by atoms with van der Waals surface area (Å²) in [6, 6.07) is 14.8. The number of hydrogen-bond donors (Lipinski definition) is 1. The van der Waals surface area contributed by atoms with E-state index in [4.69, 9.17) is 39.5 Å². The highest BCUT2D eigenvalue weighted by molar-refractivity contribution is 6.76. The first kappa shape index (κ1) is 19.8. The van der Waals surface area contributed by atoms with Gasteiger partial charge in [0.15, 0.2) is 6.10 Å². The number of nitrogens with one attached hydrogen (secondary N) is 1. The molecular weight excluding hydrogens is 411 g/mol. The molecule has 1 N–H and O–H groups in total. The van der Waals surface area contributed by atoms with Gasteiger partial charge in [-0.3, -0.25) is 9.59 Å². The Kier molecular flexibility index (Phi) is 5.84. The van der Waals surface area contributed by atoms with Gasteiger partial charge in [-0.25, -0.2) is 0 Å². The van der Waals surface area contributed by atoms with Crippen LogP contribution in [-0.2, 0) is 16.0 Å². The van der Waals surface area contributed by atoms with Crippen LogP contribution in [0.25, 0.3) is 0 Å². The minimum atomic E-state index is -2.08. The van der Waals surface area contributed by atoms with Crippen molar-refractivity contribution in [2.45, 2.75) is 23.2 Å². The van der Waals surface area contributed by atoms with E-state index in [0.717, 1.165) is 5.56 Å². The maximum atomic E-state index is 12.7. The third-order valence-electron chi connectivity index (χ3n) is 4.15. The van der Waals surface area contributed by atoms with E-state index in [2.05, 4.69) is 5.32 Å². The second-order valence-electron chi connectivity index (χ2n) is 6.12. The molecule has 1 atom stereocenters. The number of ether oxygens (including phenoxy) is 1. The topological polar surface area (TPSA) is 58.6 Å². The summed E-state index contributed by atoms with van der Waals surface area (Å²) in [5, 5.41) is 2.52. The van der Waals surface area contributed by atoms with Crippen molar-refractivity contribution in [1.82, 2.24) is 0 Å². The number of fused-ring (bicyclic) bond motifs is 1. The van der Waals surface area contributed by atoms with E-state index in [1.807, 2.05) is 30.3 Å². The number of benzene rings is 2. The molecule has 0 aliphatic carbocycles. The highest BCUT2D eigenvalue weighted by Crippen LogP contribution is 2.37. The van der Waals surface area contributed by atoms with Gasteiger partial charge in [0.2, 0.25) is 0 Å². The van der Waals surface area contributed by atoms with E-state index in [1.54, 1.807) is 30.0 Å². The minimum Gasteiger partial charge on any atom is -0.479 e. The Morgan fingerprint density at radius 2 is 1.89 bits per heavy atom.